The zero-order valence-electron chi connectivity index (χ0n) is 16.3. The van der Waals surface area contributed by atoms with Crippen molar-refractivity contribution >= 4 is 5.78 Å². The number of rotatable bonds is 5. The summed E-state index contributed by atoms with van der Waals surface area (Å²) in [4.78, 5) is 20.9. The number of hydrogen-bond donors (Lipinski definition) is 0. The van der Waals surface area contributed by atoms with Crippen LogP contribution in [0.5, 0.6) is 0 Å². The highest BCUT2D eigenvalue weighted by atomic mass is 19.1. The van der Waals surface area contributed by atoms with Crippen LogP contribution >= 0.6 is 0 Å². The lowest BCUT2D eigenvalue weighted by atomic mass is 9.96. The number of carbonyl (C=O) groups is 1. The minimum atomic E-state index is -0.862. The van der Waals surface area contributed by atoms with Crippen LogP contribution in [0.25, 0.3) is 22.3 Å². The number of halogens is 2. The third-order valence-electron chi connectivity index (χ3n) is 4.95. The Bertz CT molecular complexity index is 1190. The first-order valence-electron chi connectivity index (χ1n) is 9.46. The van der Waals surface area contributed by atoms with Crippen LogP contribution in [-0.4, -0.2) is 15.8 Å². The number of Topliss-reactive ketones (excluding diaryl/α,β-unsaturated/α-hetero) is 1. The van der Waals surface area contributed by atoms with Gasteiger partial charge >= 0.3 is 0 Å². The summed E-state index contributed by atoms with van der Waals surface area (Å²) in [6.45, 7) is 2.01. The van der Waals surface area contributed by atoms with Crippen molar-refractivity contribution in [2.75, 3.05) is 0 Å². The predicted octanol–water partition coefficient (Wildman–Crippen LogP) is 5.82. The van der Waals surface area contributed by atoms with E-state index in [2.05, 4.69) is 16.0 Å². The molecule has 30 heavy (non-hydrogen) atoms. The van der Waals surface area contributed by atoms with Gasteiger partial charge in [0.25, 0.3) is 0 Å². The van der Waals surface area contributed by atoms with Gasteiger partial charge in [0, 0.05) is 35.4 Å². The largest absolute Gasteiger partial charge is 0.294 e. The second-order valence-electron chi connectivity index (χ2n) is 7.01. The third-order valence-corrected chi connectivity index (χ3v) is 4.95. The van der Waals surface area contributed by atoms with E-state index in [4.69, 9.17) is 0 Å². The second kappa shape index (κ2) is 8.33. The first kappa shape index (κ1) is 19.6. The molecule has 4 rings (SSSR count). The molecule has 0 fully saturated rings. The topological polar surface area (TPSA) is 42.9 Å². The lowest BCUT2D eigenvalue weighted by Crippen LogP contribution is -2.10. The average molecular weight is 400 g/mol. The molecule has 0 amide bonds. The van der Waals surface area contributed by atoms with E-state index in [0.29, 0.717) is 5.69 Å². The van der Waals surface area contributed by atoms with Crippen LogP contribution in [0.4, 0.5) is 8.78 Å². The maximum atomic E-state index is 13.8. The number of hydrogen-bond acceptors (Lipinski definition) is 3. The van der Waals surface area contributed by atoms with Crippen molar-refractivity contribution in [1.29, 1.82) is 0 Å². The Kier molecular flexibility index (Phi) is 5.44. The predicted molar refractivity (Wildman–Crippen MR) is 112 cm³/mol. The number of aryl methyl sites for hydroxylation is 1. The Morgan fingerprint density at radius 3 is 2.30 bits per heavy atom. The van der Waals surface area contributed by atoms with Crippen molar-refractivity contribution in [3.8, 4) is 22.3 Å². The molecule has 0 saturated carbocycles. The Hall–Kier alpha value is -3.73. The number of nitrogens with zero attached hydrogens (tertiary/aromatic N) is 2. The monoisotopic (exact) mass is 400 g/mol. The van der Waals surface area contributed by atoms with E-state index in [1.54, 1.807) is 18.5 Å². The van der Waals surface area contributed by atoms with Gasteiger partial charge in [0.1, 0.15) is 11.6 Å². The van der Waals surface area contributed by atoms with Crippen molar-refractivity contribution in [2.45, 2.75) is 13.3 Å². The van der Waals surface area contributed by atoms with E-state index < -0.39 is 23.0 Å². The molecule has 0 aliphatic rings. The zero-order valence-corrected chi connectivity index (χ0v) is 16.3. The van der Waals surface area contributed by atoms with Gasteiger partial charge in [-0.2, -0.15) is 0 Å². The molecule has 0 spiro atoms. The van der Waals surface area contributed by atoms with Crippen molar-refractivity contribution in [2.24, 2.45) is 0 Å². The highest BCUT2D eigenvalue weighted by molar-refractivity contribution is 5.97. The molecule has 0 aliphatic heterocycles. The fourth-order valence-electron chi connectivity index (χ4n) is 3.35. The van der Waals surface area contributed by atoms with Gasteiger partial charge in [0.05, 0.1) is 12.0 Å². The van der Waals surface area contributed by atoms with Gasteiger partial charge < -0.3 is 0 Å². The number of pyridine rings is 2. The summed E-state index contributed by atoms with van der Waals surface area (Å²) in [5.74, 6) is -2.36. The molecule has 0 N–H and O–H groups in total. The molecule has 3 nitrogen and oxygen atoms in total. The molecule has 0 aliphatic carbocycles. The van der Waals surface area contributed by atoms with E-state index in [9.17, 15) is 13.6 Å². The number of aromatic nitrogens is 2. The molecule has 0 radical (unpaired) electrons. The molecular weight excluding hydrogens is 382 g/mol. The smallest absolute Gasteiger partial charge is 0.174 e. The van der Waals surface area contributed by atoms with Gasteiger partial charge in [-0.3, -0.25) is 14.8 Å². The summed E-state index contributed by atoms with van der Waals surface area (Å²) in [5.41, 5.74) is 4.98. The Labute approximate surface area is 173 Å². The van der Waals surface area contributed by atoms with Crippen molar-refractivity contribution in [3.63, 3.8) is 0 Å². The molecule has 5 heteroatoms. The summed E-state index contributed by atoms with van der Waals surface area (Å²) in [7, 11) is 0. The molecule has 0 unspecified atom stereocenters. The van der Waals surface area contributed by atoms with Crippen molar-refractivity contribution in [1.82, 2.24) is 9.97 Å². The second-order valence-corrected chi connectivity index (χ2v) is 7.01. The highest BCUT2D eigenvalue weighted by Gasteiger charge is 2.18. The molecule has 4 aromatic rings. The number of benzene rings is 2. The normalized spacial score (nSPS) is 10.8. The minimum Gasteiger partial charge on any atom is -0.294 e. The molecule has 148 valence electrons. The first-order chi connectivity index (χ1) is 14.5. The minimum absolute atomic E-state index is 0.174. The Balaban J connectivity index is 1.59. The summed E-state index contributed by atoms with van der Waals surface area (Å²) >= 11 is 0. The van der Waals surface area contributed by atoms with Gasteiger partial charge in [-0.05, 0) is 53.9 Å². The molecule has 2 aromatic heterocycles. The zero-order chi connectivity index (χ0) is 21.1. The van der Waals surface area contributed by atoms with Gasteiger partial charge in [-0.1, -0.05) is 30.3 Å². The lowest BCUT2D eigenvalue weighted by molar-refractivity contribution is 0.0984. The number of ketones is 1. The van der Waals surface area contributed by atoms with Crippen LogP contribution < -0.4 is 0 Å². The van der Waals surface area contributed by atoms with Gasteiger partial charge in [-0.25, -0.2) is 8.78 Å². The van der Waals surface area contributed by atoms with Crippen LogP contribution in [0.2, 0.25) is 0 Å². The molecule has 0 saturated heterocycles. The quantitative estimate of drug-likeness (QED) is 0.396. The van der Waals surface area contributed by atoms with Crippen LogP contribution in [-0.2, 0) is 6.42 Å². The molecule has 0 atom stereocenters. The fraction of sp³-hybridized carbons (Fsp3) is 0.0800. The Morgan fingerprint density at radius 1 is 0.867 bits per heavy atom. The highest BCUT2D eigenvalue weighted by Crippen LogP contribution is 2.29. The summed E-state index contributed by atoms with van der Waals surface area (Å²) in [5, 5.41) is 0. The molecule has 2 aromatic carbocycles. The standard InChI is InChI=1S/C25H18F2N2O/c1-16-7-8-17(18-4-3-11-28-14-18)12-21(16)19-9-10-20(29-15-19)13-24(30)25-22(26)5-2-6-23(25)27/h2-12,14-15H,13H2,1H3. The van der Waals surface area contributed by atoms with E-state index >= 15 is 0 Å². The molecule has 2 heterocycles. The van der Waals surface area contributed by atoms with Gasteiger partial charge in [0.15, 0.2) is 5.78 Å². The first-order valence-corrected chi connectivity index (χ1v) is 9.46. The van der Waals surface area contributed by atoms with Gasteiger partial charge in [0.2, 0.25) is 0 Å². The summed E-state index contributed by atoms with van der Waals surface area (Å²) in [6.07, 6.45) is 5.04. The van der Waals surface area contributed by atoms with Crippen molar-refractivity contribution in [3.05, 3.63) is 108 Å². The summed E-state index contributed by atoms with van der Waals surface area (Å²) in [6, 6.07) is 17.0. The van der Waals surface area contributed by atoms with Crippen LogP contribution in [0.3, 0.4) is 0 Å². The maximum Gasteiger partial charge on any atom is 0.174 e. The Morgan fingerprint density at radius 2 is 1.63 bits per heavy atom. The van der Waals surface area contributed by atoms with Gasteiger partial charge in [-0.15, -0.1) is 0 Å². The average Bonchev–Trinajstić information content (AvgIpc) is 2.75. The fourth-order valence-corrected chi connectivity index (χ4v) is 3.35. The number of carbonyl (C=O) groups excluding carboxylic acids is 1. The van der Waals surface area contributed by atoms with Crippen molar-refractivity contribution < 1.29 is 13.6 Å². The van der Waals surface area contributed by atoms with Crippen LogP contribution in [0, 0.1) is 18.6 Å². The van der Waals surface area contributed by atoms with Crippen LogP contribution in [0.15, 0.2) is 79.3 Å². The van der Waals surface area contributed by atoms with E-state index in [-0.39, 0.29) is 6.42 Å². The van der Waals surface area contributed by atoms with E-state index in [0.717, 1.165) is 39.9 Å². The lowest BCUT2D eigenvalue weighted by Gasteiger charge is -2.10. The molecule has 0 bridgehead atoms. The SMILES string of the molecule is Cc1ccc(-c2cccnc2)cc1-c1ccc(CC(=O)c2c(F)cccc2F)nc1. The van der Waals surface area contributed by atoms with E-state index in [1.807, 2.05) is 43.5 Å². The van der Waals surface area contributed by atoms with Crippen LogP contribution in [0.1, 0.15) is 21.6 Å². The maximum absolute atomic E-state index is 13.8. The van der Waals surface area contributed by atoms with E-state index in [1.165, 1.54) is 6.07 Å². The molecular formula is C25H18F2N2O. The third kappa shape index (κ3) is 4.01. The summed E-state index contributed by atoms with van der Waals surface area (Å²) < 4.78 is 27.7.